The van der Waals surface area contributed by atoms with E-state index in [0.717, 1.165) is 30.2 Å². The molecule has 0 spiro atoms. The first kappa shape index (κ1) is 24.0. The summed E-state index contributed by atoms with van der Waals surface area (Å²) < 4.78 is 0. The van der Waals surface area contributed by atoms with Gasteiger partial charge < -0.3 is 10.6 Å². The highest BCUT2D eigenvalue weighted by atomic mass is 127. The van der Waals surface area contributed by atoms with Gasteiger partial charge in [0, 0.05) is 24.7 Å². The van der Waals surface area contributed by atoms with E-state index in [1.165, 1.54) is 12.1 Å². The number of hydrogen-bond donors (Lipinski definition) is 2. The van der Waals surface area contributed by atoms with E-state index < -0.39 is 4.92 Å². The van der Waals surface area contributed by atoms with Gasteiger partial charge in [-0.15, -0.1) is 24.0 Å². The lowest BCUT2D eigenvalue weighted by molar-refractivity contribution is -0.384. The minimum atomic E-state index is -0.391. The Balaban J connectivity index is 0.00000576. The molecule has 1 rings (SSSR count). The summed E-state index contributed by atoms with van der Waals surface area (Å²) in [5.41, 5.74) is 1.05. The number of halogens is 1. The van der Waals surface area contributed by atoms with Gasteiger partial charge in [-0.25, -0.2) is 4.99 Å². The van der Waals surface area contributed by atoms with Crippen molar-refractivity contribution in [1.82, 2.24) is 10.6 Å². The number of benzene rings is 1. The first-order valence-electron chi connectivity index (χ1n) is 8.21. The van der Waals surface area contributed by atoms with Crippen LogP contribution in [0.5, 0.6) is 0 Å². The maximum Gasteiger partial charge on any atom is 0.269 e. The molecule has 25 heavy (non-hydrogen) atoms. The second-order valence-electron chi connectivity index (χ2n) is 6.04. The fourth-order valence-electron chi connectivity index (χ4n) is 1.85. The zero-order chi connectivity index (χ0) is 17.9. The van der Waals surface area contributed by atoms with Crippen LogP contribution in [0.2, 0.25) is 0 Å². The molecule has 0 aliphatic rings. The van der Waals surface area contributed by atoms with Crippen molar-refractivity contribution in [3.63, 3.8) is 0 Å². The first-order chi connectivity index (χ1) is 11.4. The Kier molecular flexibility index (Phi) is 12.7. The van der Waals surface area contributed by atoms with E-state index >= 15 is 0 Å². The van der Waals surface area contributed by atoms with Crippen molar-refractivity contribution < 1.29 is 4.92 Å². The number of thioether (sulfide) groups is 1. The van der Waals surface area contributed by atoms with Crippen LogP contribution in [0.15, 0.2) is 29.3 Å². The number of rotatable bonds is 9. The molecule has 0 radical (unpaired) electrons. The minimum Gasteiger partial charge on any atom is -0.356 e. The van der Waals surface area contributed by atoms with E-state index in [2.05, 4.69) is 42.7 Å². The maximum atomic E-state index is 10.7. The van der Waals surface area contributed by atoms with Gasteiger partial charge in [-0.2, -0.15) is 11.8 Å². The zero-order valence-corrected chi connectivity index (χ0v) is 18.5. The van der Waals surface area contributed by atoms with E-state index in [1.54, 1.807) is 12.1 Å². The lowest BCUT2D eigenvalue weighted by atomic mass is 10.1. The zero-order valence-electron chi connectivity index (χ0n) is 15.3. The molecule has 1 unspecified atom stereocenters. The number of aliphatic imine (C=N–C) groups is 1. The van der Waals surface area contributed by atoms with Gasteiger partial charge in [0.1, 0.15) is 0 Å². The molecule has 0 amide bonds. The molecule has 1 atom stereocenters. The number of guanidine groups is 1. The molecule has 0 saturated heterocycles. The molecule has 1 aromatic rings. The van der Waals surface area contributed by atoms with Gasteiger partial charge in [-0.3, -0.25) is 10.1 Å². The third-order valence-corrected chi connectivity index (χ3v) is 4.45. The Hall–Kier alpha value is -1.03. The number of hydrogen-bond acceptors (Lipinski definition) is 4. The SMILES string of the molecule is CSCCCNC(=NCc1ccc([N+](=O)[O-])cc1)NC(C)C(C)C.I. The van der Waals surface area contributed by atoms with Crippen molar-refractivity contribution >= 4 is 47.4 Å². The average molecular weight is 480 g/mol. The van der Waals surface area contributed by atoms with E-state index in [1.807, 2.05) is 11.8 Å². The lowest BCUT2D eigenvalue weighted by Crippen LogP contribution is -2.44. The van der Waals surface area contributed by atoms with Gasteiger partial charge in [0.05, 0.1) is 11.5 Å². The largest absolute Gasteiger partial charge is 0.356 e. The van der Waals surface area contributed by atoms with Crippen molar-refractivity contribution in [2.45, 2.75) is 39.8 Å². The molecule has 0 heterocycles. The van der Waals surface area contributed by atoms with Gasteiger partial charge in [0.25, 0.3) is 5.69 Å². The van der Waals surface area contributed by atoms with Crippen LogP contribution in [-0.4, -0.2) is 35.5 Å². The molecule has 1 aromatic carbocycles. The van der Waals surface area contributed by atoms with Crippen LogP contribution in [0.1, 0.15) is 32.8 Å². The molecule has 0 saturated carbocycles. The van der Waals surface area contributed by atoms with Crippen LogP contribution >= 0.6 is 35.7 Å². The van der Waals surface area contributed by atoms with Gasteiger partial charge in [-0.05, 0) is 36.8 Å². The Bertz CT molecular complexity index is 538. The van der Waals surface area contributed by atoms with E-state index in [0.29, 0.717) is 18.5 Å². The van der Waals surface area contributed by atoms with Crippen molar-refractivity contribution in [1.29, 1.82) is 0 Å². The number of nitrogens with one attached hydrogen (secondary N) is 2. The van der Waals surface area contributed by atoms with Crippen LogP contribution in [-0.2, 0) is 6.54 Å². The molecule has 0 bridgehead atoms. The smallest absolute Gasteiger partial charge is 0.269 e. The number of nitro benzene ring substituents is 1. The van der Waals surface area contributed by atoms with Crippen molar-refractivity contribution in [3.8, 4) is 0 Å². The Morgan fingerprint density at radius 1 is 1.28 bits per heavy atom. The molecular weight excluding hydrogens is 451 g/mol. The summed E-state index contributed by atoms with van der Waals surface area (Å²) in [6, 6.07) is 6.84. The topological polar surface area (TPSA) is 79.6 Å². The maximum absolute atomic E-state index is 10.7. The monoisotopic (exact) mass is 480 g/mol. The third kappa shape index (κ3) is 9.88. The molecule has 0 aromatic heterocycles. The Morgan fingerprint density at radius 2 is 1.92 bits per heavy atom. The van der Waals surface area contributed by atoms with Gasteiger partial charge in [0.15, 0.2) is 5.96 Å². The molecule has 0 fully saturated rings. The summed E-state index contributed by atoms with van der Waals surface area (Å²) >= 11 is 1.83. The summed E-state index contributed by atoms with van der Waals surface area (Å²) in [4.78, 5) is 14.9. The first-order valence-corrected chi connectivity index (χ1v) is 9.60. The molecule has 6 nitrogen and oxygen atoms in total. The van der Waals surface area contributed by atoms with E-state index in [4.69, 9.17) is 0 Å². The summed E-state index contributed by atoms with van der Waals surface area (Å²) in [6.45, 7) is 7.83. The lowest BCUT2D eigenvalue weighted by Gasteiger charge is -2.21. The molecule has 2 N–H and O–H groups in total. The summed E-state index contributed by atoms with van der Waals surface area (Å²) in [7, 11) is 0. The Labute approximate surface area is 171 Å². The minimum absolute atomic E-state index is 0. The molecule has 142 valence electrons. The Morgan fingerprint density at radius 3 is 2.44 bits per heavy atom. The average Bonchev–Trinajstić information content (AvgIpc) is 2.56. The number of non-ortho nitro benzene ring substituents is 1. The predicted molar refractivity (Wildman–Crippen MR) is 118 cm³/mol. The van der Waals surface area contributed by atoms with Gasteiger partial charge in [0.2, 0.25) is 0 Å². The quantitative estimate of drug-likeness (QED) is 0.139. The van der Waals surface area contributed by atoms with Crippen molar-refractivity contribution in [3.05, 3.63) is 39.9 Å². The van der Waals surface area contributed by atoms with E-state index in [9.17, 15) is 10.1 Å². The van der Waals surface area contributed by atoms with Gasteiger partial charge >= 0.3 is 0 Å². The standard InChI is InChI=1S/C17H28N4O2S.HI/c1-13(2)14(3)20-17(18-10-5-11-24-4)19-12-15-6-8-16(9-7-15)21(22)23;/h6-9,13-14H,5,10-12H2,1-4H3,(H2,18,19,20);1H. The molecule has 0 aliphatic heterocycles. The van der Waals surface area contributed by atoms with Crippen molar-refractivity contribution in [2.24, 2.45) is 10.9 Å². The fraction of sp³-hybridized carbons (Fsp3) is 0.588. The number of nitro groups is 1. The molecular formula is C17H29IN4O2S. The van der Waals surface area contributed by atoms with Crippen molar-refractivity contribution in [2.75, 3.05) is 18.6 Å². The summed E-state index contributed by atoms with van der Waals surface area (Å²) in [6.07, 6.45) is 3.18. The highest BCUT2D eigenvalue weighted by molar-refractivity contribution is 14.0. The predicted octanol–water partition coefficient (Wildman–Crippen LogP) is 4.05. The summed E-state index contributed by atoms with van der Waals surface area (Å²) in [5.74, 6) is 2.40. The van der Waals surface area contributed by atoms with Crippen LogP contribution < -0.4 is 10.6 Å². The highest BCUT2D eigenvalue weighted by Gasteiger charge is 2.09. The van der Waals surface area contributed by atoms with Crippen LogP contribution in [0.4, 0.5) is 5.69 Å². The molecule has 0 aliphatic carbocycles. The fourth-order valence-corrected chi connectivity index (χ4v) is 2.28. The second kappa shape index (κ2) is 13.2. The summed E-state index contributed by atoms with van der Waals surface area (Å²) in [5, 5.41) is 17.5. The highest BCUT2D eigenvalue weighted by Crippen LogP contribution is 2.12. The second-order valence-corrected chi connectivity index (χ2v) is 7.02. The van der Waals surface area contributed by atoms with Crippen LogP contribution in [0, 0.1) is 16.0 Å². The van der Waals surface area contributed by atoms with Crippen LogP contribution in [0.3, 0.4) is 0 Å². The third-order valence-electron chi connectivity index (χ3n) is 3.75. The normalized spacial score (nSPS) is 12.4. The van der Waals surface area contributed by atoms with E-state index in [-0.39, 0.29) is 29.7 Å². The van der Waals surface area contributed by atoms with Crippen LogP contribution in [0.25, 0.3) is 0 Å². The molecule has 8 heteroatoms. The van der Waals surface area contributed by atoms with Gasteiger partial charge in [-0.1, -0.05) is 26.0 Å². The number of nitrogens with zero attached hydrogens (tertiary/aromatic N) is 2.